The van der Waals surface area contributed by atoms with Crippen molar-refractivity contribution in [3.63, 3.8) is 0 Å². The number of nitrogens with one attached hydrogen (secondary N) is 1. The van der Waals surface area contributed by atoms with Crippen LogP contribution in [0.3, 0.4) is 0 Å². The molecule has 1 aromatic heterocycles. The highest BCUT2D eigenvalue weighted by Crippen LogP contribution is 2.23. The van der Waals surface area contributed by atoms with Crippen LogP contribution in [0.4, 0.5) is 5.69 Å². The van der Waals surface area contributed by atoms with Crippen LogP contribution in [-0.4, -0.2) is 11.5 Å². The van der Waals surface area contributed by atoms with Crippen molar-refractivity contribution in [2.45, 2.75) is 20.8 Å². The van der Waals surface area contributed by atoms with Gasteiger partial charge >= 0.3 is 0 Å². The van der Waals surface area contributed by atoms with E-state index in [1.54, 1.807) is 0 Å². The third-order valence-corrected chi connectivity index (χ3v) is 2.49. The number of pyridine rings is 1. The van der Waals surface area contributed by atoms with Crippen LogP contribution < -0.4 is 5.32 Å². The number of nitrogens with zero attached hydrogens (tertiary/aromatic N) is 1. The van der Waals surface area contributed by atoms with Crippen LogP contribution in [0.1, 0.15) is 20.8 Å². The Morgan fingerprint density at radius 1 is 1.19 bits per heavy atom. The number of hydrogen-bond donors (Lipinski definition) is 1. The Morgan fingerprint density at radius 3 is 2.75 bits per heavy atom. The number of hydrogen-bond acceptors (Lipinski definition) is 2. The fourth-order valence-electron chi connectivity index (χ4n) is 1.63. The van der Waals surface area contributed by atoms with Gasteiger partial charge in [0.05, 0.1) is 0 Å². The Bertz CT molecular complexity index is 478. The summed E-state index contributed by atoms with van der Waals surface area (Å²) in [4.78, 5) is 4.18. The molecule has 1 aromatic carbocycles. The van der Waals surface area contributed by atoms with Crippen LogP contribution in [-0.2, 0) is 0 Å². The van der Waals surface area contributed by atoms with Crippen molar-refractivity contribution < 1.29 is 0 Å². The van der Waals surface area contributed by atoms with Gasteiger partial charge in [-0.1, -0.05) is 32.9 Å². The average Bonchev–Trinajstić information content (AvgIpc) is 2.25. The molecule has 2 heteroatoms. The Morgan fingerprint density at radius 2 is 2.00 bits per heavy atom. The number of fused-ring (bicyclic) bond motifs is 1. The lowest BCUT2D eigenvalue weighted by molar-refractivity contribution is 0.443. The molecule has 0 aliphatic rings. The van der Waals surface area contributed by atoms with Gasteiger partial charge in [-0.3, -0.25) is 4.98 Å². The first-order chi connectivity index (χ1) is 7.56. The summed E-state index contributed by atoms with van der Waals surface area (Å²) in [6, 6.07) is 8.33. The van der Waals surface area contributed by atoms with Gasteiger partial charge in [-0.15, -0.1) is 0 Å². The second-order valence-corrected chi connectivity index (χ2v) is 5.32. The zero-order valence-corrected chi connectivity index (χ0v) is 10.1. The molecule has 0 fully saturated rings. The number of anilines is 1. The van der Waals surface area contributed by atoms with E-state index >= 15 is 0 Å². The van der Waals surface area contributed by atoms with Crippen LogP contribution in [0, 0.1) is 5.41 Å². The Balaban J connectivity index is 2.30. The van der Waals surface area contributed by atoms with E-state index in [0.29, 0.717) is 0 Å². The summed E-state index contributed by atoms with van der Waals surface area (Å²) in [5.74, 6) is 0. The Labute approximate surface area is 96.7 Å². The van der Waals surface area contributed by atoms with Gasteiger partial charge in [-0.25, -0.2) is 0 Å². The van der Waals surface area contributed by atoms with E-state index in [1.807, 2.05) is 18.5 Å². The summed E-state index contributed by atoms with van der Waals surface area (Å²) in [6.45, 7) is 7.64. The lowest BCUT2D eigenvalue weighted by atomic mass is 9.96. The zero-order valence-electron chi connectivity index (χ0n) is 10.1. The number of aromatic nitrogens is 1. The van der Waals surface area contributed by atoms with Crippen molar-refractivity contribution in [1.29, 1.82) is 0 Å². The average molecular weight is 214 g/mol. The second-order valence-electron chi connectivity index (χ2n) is 5.32. The molecule has 1 N–H and O–H groups in total. The molecule has 0 aliphatic heterocycles. The fraction of sp³-hybridized carbons (Fsp3) is 0.357. The maximum absolute atomic E-state index is 4.18. The molecule has 0 unspecified atom stereocenters. The molecular weight excluding hydrogens is 196 g/mol. The summed E-state index contributed by atoms with van der Waals surface area (Å²) in [6.07, 6.45) is 3.75. The molecule has 0 saturated carbocycles. The first-order valence-electron chi connectivity index (χ1n) is 5.63. The summed E-state index contributed by atoms with van der Waals surface area (Å²) >= 11 is 0. The van der Waals surface area contributed by atoms with Crippen LogP contribution >= 0.6 is 0 Å². The molecule has 1 heterocycles. The van der Waals surface area contributed by atoms with Crippen LogP contribution in [0.5, 0.6) is 0 Å². The van der Waals surface area contributed by atoms with Crippen molar-refractivity contribution in [1.82, 2.24) is 4.98 Å². The summed E-state index contributed by atoms with van der Waals surface area (Å²) < 4.78 is 0. The van der Waals surface area contributed by atoms with Gasteiger partial charge in [0, 0.05) is 30.0 Å². The van der Waals surface area contributed by atoms with E-state index in [0.717, 1.165) is 6.54 Å². The van der Waals surface area contributed by atoms with Crippen molar-refractivity contribution >= 4 is 16.5 Å². The minimum Gasteiger partial charge on any atom is -0.384 e. The predicted octanol–water partition coefficient (Wildman–Crippen LogP) is 3.69. The first-order valence-corrected chi connectivity index (χ1v) is 5.63. The van der Waals surface area contributed by atoms with Gasteiger partial charge in [0.25, 0.3) is 0 Å². The van der Waals surface area contributed by atoms with Crippen LogP contribution in [0.2, 0.25) is 0 Å². The predicted molar refractivity (Wildman–Crippen MR) is 69.7 cm³/mol. The molecule has 0 amide bonds. The topological polar surface area (TPSA) is 24.9 Å². The number of rotatable bonds is 2. The zero-order chi connectivity index (χ0) is 11.6. The molecule has 0 bridgehead atoms. The fourth-order valence-corrected chi connectivity index (χ4v) is 1.63. The SMILES string of the molecule is CC(C)(C)CNc1cccc2ccncc12. The monoisotopic (exact) mass is 214 g/mol. The van der Waals surface area contributed by atoms with E-state index in [1.165, 1.54) is 16.5 Å². The van der Waals surface area contributed by atoms with Gasteiger partial charge in [0.1, 0.15) is 0 Å². The molecule has 2 aromatic rings. The molecule has 0 spiro atoms. The molecule has 0 saturated heterocycles. The highest BCUT2D eigenvalue weighted by atomic mass is 14.9. The molecular formula is C14H18N2. The quantitative estimate of drug-likeness (QED) is 0.824. The molecule has 0 atom stereocenters. The maximum Gasteiger partial charge on any atom is 0.0435 e. The number of benzene rings is 1. The maximum atomic E-state index is 4.18. The van der Waals surface area contributed by atoms with Crippen LogP contribution in [0.15, 0.2) is 36.7 Å². The second kappa shape index (κ2) is 4.12. The highest BCUT2D eigenvalue weighted by Gasteiger charge is 2.10. The molecule has 2 nitrogen and oxygen atoms in total. The van der Waals surface area contributed by atoms with Crippen molar-refractivity contribution in [2.75, 3.05) is 11.9 Å². The van der Waals surface area contributed by atoms with E-state index in [2.05, 4.69) is 49.3 Å². The Kier molecular flexibility index (Phi) is 2.82. The smallest absolute Gasteiger partial charge is 0.0435 e. The normalized spacial score (nSPS) is 11.7. The van der Waals surface area contributed by atoms with Gasteiger partial charge in [-0.2, -0.15) is 0 Å². The third kappa shape index (κ3) is 2.51. The van der Waals surface area contributed by atoms with Crippen molar-refractivity contribution in [2.24, 2.45) is 5.41 Å². The largest absolute Gasteiger partial charge is 0.384 e. The summed E-state index contributed by atoms with van der Waals surface area (Å²) in [7, 11) is 0. The minimum absolute atomic E-state index is 0.282. The van der Waals surface area contributed by atoms with E-state index < -0.39 is 0 Å². The molecule has 2 rings (SSSR count). The van der Waals surface area contributed by atoms with E-state index in [9.17, 15) is 0 Å². The lowest BCUT2D eigenvalue weighted by Gasteiger charge is -2.20. The van der Waals surface area contributed by atoms with Crippen LogP contribution in [0.25, 0.3) is 10.8 Å². The summed E-state index contributed by atoms with van der Waals surface area (Å²) in [5, 5.41) is 5.91. The van der Waals surface area contributed by atoms with E-state index in [-0.39, 0.29) is 5.41 Å². The molecule has 0 aliphatic carbocycles. The van der Waals surface area contributed by atoms with Crippen molar-refractivity contribution in [3.05, 3.63) is 36.7 Å². The summed E-state index contributed by atoms with van der Waals surface area (Å²) in [5.41, 5.74) is 1.45. The highest BCUT2D eigenvalue weighted by molar-refractivity contribution is 5.93. The van der Waals surface area contributed by atoms with E-state index in [4.69, 9.17) is 0 Å². The molecule has 16 heavy (non-hydrogen) atoms. The minimum atomic E-state index is 0.282. The third-order valence-electron chi connectivity index (χ3n) is 2.49. The first kappa shape index (κ1) is 10.9. The van der Waals surface area contributed by atoms with Gasteiger partial charge in [-0.05, 0) is 22.9 Å². The molecule has 84 valence electrons. The van der Waals surface area contributed by atoms with Crippen molar-refractivity contribution in [3.8, 4) is 0 Å². The standard InChI is InChI=1S/C14H18N2/c1-14(2,3)10-16-13-6-4-5-11-7-8-15-9-12(11)13/h4-9,16H,10H2,1-3H3. The van der Waals surface area contributed by atoms with Gasteiger partial charge < -0.3 is 5.32 Å². The molecule has 0 radical (unpaired) electrons. The Hall–Kier alpha value is -1.57. The van der Waals surface area contributed by atoms with Gasteiger partial charge in [0.15, 0.2) is 0 Å². The van der Waals surface area contributed by atoms with Gasteiger partial charge in [0.2, 0.25) is 0 Å². The lowest BCUT2D eigenvalue weighted by Crippen LogP contribution is -2.19.